The van der Waals surface area contributed by atoms with Crippen LogP contribution in [0.2, 0.25) is 0 Å². The molecule has 0 bridgehead atoms. The van der Waals surface area contributed by atoms with Gasteiger partial charge >= 0.3 is 0 Å². The Bertz CT molecular complexity index is 488. The third-order valence-electron chi connectivity index (χ3n) is 5.19. The van der Waals surface area contributed by atoms with Gasteiger partial charge in [0, 0.05) is 43.6 Å². The molecule has 1 saturated carbocycles. The zero-order valence-electron chi connectivity index (χ0n) is 12.8. The lowest BCUT2D eigenvalue weighted by Gasteiger charge is -2.47. The van der Waals surface area contributed by atoms with Crippen molar-refractivity contribution in [3.63, 3.8) is 0 Å². The molecule has 1 aromatic rings. The van der Waals surface area contributed by atoms with Gasteiger partial charge < -0.3 is 4.74 Å². The maximum absolute atomic E-state index is 6.04. The van der Waals surface area contributed by atoms with Crippen molar-refractivity contribution in [2.24, 2.45) is 5.92 Å². The summed E-state index contributed by atoms with van der Waals surface area (Å²) in [4.78, 5) is 11.1. The van der Waals surface area contributed by atoms with Gasteiger partial charge in [0.05, 0.1) is 23.9 Å². The van der Waals surface area contributed by atoms with Crippen molar-refractivity contribution in [3.05, 3.63) is 16.1 Å². The molecule has 4 rings (SSSR count). The maximum atomic E-state index is 6.04. The number of aromatic nitrogens is 1. The van der Waals surface area contributed by atoms with Gasteiger partial charge in [-0.25, -0.2) is 4.98 Å². The summed E-state index contributed by atoms with van der Waals surface area (Å²) in [5, 5.41) is 0. The van der Waals surface area contributed by atoms with E-state index in [2.05, 4.69) is 21.7 Å². The number of thiazole rings is 1. The smallest absolute Gasteiger partial charge is 0.0798 e. The number of aryl methyl sites for hydroxylation is 1. The van der Waals surface area contributed by atoms with E-state index < -0.39 is 0 Å². The summed E-state index contributed by atoms with van der Waals surface area (Å²) in [6.45, 7) is 8.88. The Hall–Kier alpha value is -0.490. The third-order valence-corrected chi connectivity index (χ3v) is 6.11. The van der Waals surface area contributed by atoms with Gasteiger partial charge in [-0.1, -0.05) is 0 Å². The van der Waals surface area contributed by atoms with Crippen LogP contribution in [0, 0.1) is 12.8 Å². The summed E-state index contributed by atoms with van der Waals surface area (Å²) >= 11 is 1.80. The van der Waals surface area contributed by atoms with Gasteiger partial charge in [-0.15, -0.1) is 11.3 Å². The van der Waals surface area contributed by atoms with Crippen LogP contribution in [0.15, 0.2) is 5.51 Å². The van der Waals surface area contributed by atoms with E-state index in [1.165, 1.54) is 36.4 Å². The van der Waals surface area contributed by atoms with Gasteiger partial charge in [0.25, 0.3) is 0 Å². The minimum Gasteiger partial charge on any atom is -0.375 e. The van der Waals surface area contributed by atoms with Gasteiger partial charge in [-0.3, -0.25) is 9.80 Å². The molecular weight excluding hydrogens is 282 g/mol. The summed E-state index contributed by atoms with van der Waals surface area (Å²) in [5.74, 6) is 0.975. The van der Waals surface area contributed by atoms with Crippen LogP contribution < -0.4 is 0 Å². The van der Waals surface area contributed by atoms with Crippen molar-refractivity contribution in [2.45, 2.75) is 44.9 Å². The molecule has 0 spiro atoms. The lowest BCUT2D eigenvalue weighted by molar-refractivity contribution is -0.105. The molecule has 0 unspecified atom stereocenters. The quantitative estimate of drug-likeness (QED) is 0.852. The fourth-order valence-electron chi connectivity index (χ4n) is 3.69. The first-order chi connectivity index (χ1) is 10.3. The van der Waals surface area contributed by atoms with E-state index in [0.717, 1.165) is 38.7 Å². The summed E-state index contributed by atoms with van der Waals surface area (Å²) in [7, 11) is 0. The van der Waals surface area contributed by atoms with Crippen molar-refractivity contribution < 1.29 is 4.74 Å². The van der Waals surface area contributed by atoms with Crippen LogP contribution in [0.1, 0.15) is 29.8 Å². The molecule has 0 N–H and O–H groups in total. The molecule has 4 nitrogen and oxygen atoms in total. The average molecular weight is 307 g/mol. The zero-order valence-corrected chi connectivity index (χ0v) is 13.6. The number of hydrogen-bond acceptors (Lipinski definition) is 5. The van der Waals surface area contributed by atoms with Crippen molar-refractivity contribution >= 4 is 11.3 Å². The van der Waals surface area contributed by atoms with Crippen LogP contribution in [0.3, 0.4) is 0 Å². The lowest BCUT2D eigenvalue weighted by Crippen LogP contribution is -2.60. The molecule has 2 aliphatic heterocycles. The largest absolute Gasteiger partial charge is 0.375 e. The number of fused-ring (bicyclic) bond motifs is 1. The monoisotopic (exact) mass is 307 g/mol. The highest BCUT2D eigenvalue weighted by Gasteiger charge is 2.39. The van der Waals surface area contributed by atoms with Gasteiger partial charge in [-0.2, -0.15) is 0 Å². The Labute approximate surface area is 131 Å². The molecule has 3 heterocycles. The number of morpholine rings is 1. The van der Waals surface area contributed by atoms with Gasteiger partial charge in [0.2, 0.25) is 0 Å². The average Bonchev–Trinajstić information content (AvgIpc) is 3.22. The van der Waals surface area contributed by atoms with E-state index in [1.54, 1.807) is 11.3 Å². The molecular formula is C16H25N3OS. The molecule has 0 aromatic carbocycles. The highest BCUT2D eigenvalue weighted by atomic mass is 32.1. The van der Waals surface area contributed by atoms with Crippen molar-refractivity contribution in [2.75, 3.05) is 32.8 Å². The van der Waals surface area contributed by atoms with Gasteiger partial charge in [-0.05, 0) is 32.1 Å². The molecule has 116 valence electrons. The van der Waals surface area contributed by atoms with Gasteiger partial charge in [0.1, 0.15) is 0 Å². The first-order valence-corrected chi connectivity index (χ1v) is 9.14. The first-order valence-electron chi connectivity index (χ1n) is 8.26. The standard InChI is InChI=1S/C16H25N3OS/c1-12-16(21-11-17-12)10-18-5-4-15-14(9-18)19(6-7-20-15)8-13-2-3-13/h11,13-15H,2-10H2,1H3/t14-,15-/m0/s1. The van der Waals surface area contributed by atoms with Crippen molar-refractivity contribution in [3.8, 4) is 0 Å². The molecule has 3 aliphatic rings. The van der Waals surface area contributed by atoms with E-state index >= 15 is 0 Å². The molecule has 21 heavy (non-hydrogen) atoms. The van der Waals surface area contributed by atoms with Crippen LogP contribution in [0.5, 0.6) is 0 Å². The summed E-state index contributed by atoms with van der Waals surface area (Å²) in [6, 6.07) is 0.612. The van der Waals surface area contributed by atoms with Crippen LogP contribution in [0.25, 0.3) is 0 Å². The topological polar surface area (TPSA) is 28.6 Å². The molecule has 2 atom stereocenters. The normalized spacial score (nSPS) is 31.3. The second-order valence-electron chi connectivity index (χ2n) is 6.80. The fraction of sp³-hybridized carbons (Fsp3) is 0.812. The Morgan fingerprint density at radius 3 is 3.00 bits per heavy atom. The van der Waals surface area contributed by atoms with Crippen molar-refractivity contribution in [1.82, 2.24) is 14.8 Å². The lowest BCUT2D eigenvalue weighted by atomic mass is 9.98. The molecule has 5 heteroatoms. The minimum absolute atomic E-state index is 0.469. The van der Waals surface area contributed by atoms with Crippen LogP contribution >= 0.6 is 11.3 Å². The molecule has 1 aliphatic carbocycles. The first kappa shape index (κ1) is 14.1. The number of ether oxygens (including phenoxy) is 1. The number of hydrogen-bond donors (Lipinski definition) is 0. The number of nitrogens with zero attached hydrogens (tertiary/aromatic N) is 3. The maximum Gasteiger partial charge on any atom is 0.0798 e. The summed E-state index contributed by atoms with van der Waals surface area (Å²) in [5.41, 5.74) is 3.18. The third kappa shape index (κ3) is 3.16. The van der Waals surface area contributed by atoms with E-state index in [1.807, 2.05) is 5.51 Å². The number of rotatable bonds is 4. The Kier molecular flexibility index (Phi) is 4.00. The second-order valence-corrected chi connectivity index (χ2v) is 7.74. The second kappa shape index (κ2) is 5.95. The predicted octanol–water partition coefficient (Wildman–Crippen LogP) is 2.14. The SMILES string of the molecule is Cc1ncsc1CN1CC[C@@H]2OCCN(CC3CC3)[C@H]2C1. The number of piperidine rings is 1. The molecule has 2 saturated heterocycles. The van der Waals surface area contributed by atoms with E-state index in [4.69, 9.17) is 4.74 Å². The molecule has 3 fully saturated rings. The van der Waals surface area contributed by atoms with E-state index in [9.17, 15) is 0 Å². The van der Waals surface area contributed by atoms with E-state index in [0.29, 0.717) is 12.1 Å². The minimum atomic E-state index is 0.469. The summed E-state index contributed by atoms with van der Waals surface area (Å²) in [6.07, 6.45) is 4.54. The molecule has 0 amide bonds. The highest BCUT2D eigenvalue weighted by Crippen LogP contribution is 2.33. The predicted molar refractivity (Wildman–Crippen MR) is 84.6 cm³/mol. The van der Waals surface area contributed by atoms with E-state index in [-0.39, 0.29) is 0 Å². The fourth-order valence-corrected chi connectivity index (χ4v) is 4.51. The van der Waals surface area contributed by atoms with Crippen LogP contribution in [-0.4, -0.2) is 59.7 Å². The zero-order chi connectivity index (χ0) is 14.2. The number of likely N-dealkylation sites (tertiary alicyclic amines) is 1. The van der Waals surface area contributed by atoms with Gasteiger partial charge in [0.15, 0.2) is 0 Å². The Balaban J connectivity index is 1.41. The molecule has 1 aromatic heterocycles. The Morgan fingerprint density at radius 2 is 2.24 bits per heavy atom. The molecule has 0 radical (unpaired) electrons. The van der Waals surface area contributed by atoms with Crippen LogP contribution in [0.4, 0.5) is 0 Å². The highest BCUT2D eigenvalue weighted by molar-refractivity contribution is 7.09. The van der Waals surface area contributed by atoms with Crippen molar-refractivity contribution in [1.29, 1.82) is 0 Å². The van der Waals surface area contributed by atoms with Crippen LogP contribution in [-0.2, 0) is 11.3 Å². The Morgan fingerprint density at radius 1 is 1.33 bits per heavy atom. The summed E-state index contributed by atoms with van der Waals surface area (Å²) < 4.78 is 6.04.